The summed E-state index contributed by atoms with van der Waals surface area (Å²) in [5.41, 5.74) is 2.19. The van der Waals surface area contributed by atoms with Crippen molar-refractivity contribution >= 4 is 11.6 Å². The van der Waals surface area contributed by atoms with Gasteiger partial charge in [0.05, 0.1) is 13.2 Å². The number of hydrogen-bond acceptors (Lipinski definition) is 5. The molecule has 0 radical (unpaired) electrons. The number of ether oxygens (including phenoxy) is 3. The maximum absolute atomic E-state index is 9.97. The zero-order valence-corrected chi connectivity index (χ0v) is 19.3. The number of aliphatic hydroxyl groups is 2. The SMILES string of the molecule is CC(C)(c1ccc(OCCCCl)cc1)c1ccc(OCC(O)COCCCCO)cc1. The van der Waals surface area contributed by atoms with Gasteiger partial charge in [-0.25, -0.2) is 0 Å². The number of benzene rings is 2. The minimum absolute atomic E-state index is 0.163. The molecule has 0 aromatic heterocycles. The summed E-state index contributed by atoms with van der Waals surface area (Å²) in [6, 6.07) is 16.1. The van der Waals surface area contributed by atoms with Gasteiger partial charge in [-0.15, -0.1) is 11.6 Å². The van der Waals surface area contributed by atoms with Gasteiger partial charge in [0, 0.05) is 24.5 Å². The second kappa shape index (κ2) is 13.6. The van der Waals surface area contributed by atoms with Crippen LogP contribution in [0.3, 0.4) is 0 Å². The molecule has 2 aromatic carbocycles. The van der Waals surface area contributed by atoms with Gasteiger partial charge in [0.2, 0.25) is 0 Å². The number of hydrogen-bond donors (Lipinski definition) is 2. The molecule has 2 rings (SSSR count). The van der Waals surface area contributed by atoms with E-state index in [0.29, 0.717) is 31.3 Å². The highest BCUT2D eigenvalue weighted by Crippen LogP contribution is 2.33. The van der Waals surface area contributed by atoms with Crippen molar-refractivity contribution in [1.82, 2.24) is 0 Å². The molecule has 0 aliphatic rings. The Kier molecular flexibility index (Phi) is 11.2. The van der Waals surface area contributed by atoms with Gasteiger partial charge in [0.1, 0.15) is 24.2 Å². The van der Waals surface area contributed by atoms with Crippen LogP contribution in [-0.4, -0.2) is 55.2 Å². The molecule has 172 valence electrons. The van der Waals surface area contributed by atoms with E-state index in [-0.39, 0.29) is 25.2 Å². The quantitative estimate of drug-likeness (QED) is 0.308. The molecule has 0 aliphatic carbocycles. The molecule has 0 saturated carbocycles. The highest BCUT2D eigenvalue weighted by atomic mass is 35.5. The molecule has 1 unspecified atom stereocenters. The van der Waals surface area contributed by atoms with Crippen LogP contribution in [0.25, 0.3) is 0 Å². The Balaban J connectivity index is 1.85. The number of aliphatic hydroxyl groups excluding tert-OH is 2. The van der Waals surface area contributed by atoms with Gasteiger partial charge < -0.3 is 24.4 Å². The largest absolute Gasteiger partial charge is 0.494 e. The lowest BCUT2D eigenvalue weighted by atomic mass is 9.78. The van der Waals surface area contributed by atoms with Crippen molar-refractivity contribution in [2.45, 2.75) is 44.6 Å². The second-order valence-electron chi connectivity index (χ2n) is 8.04. The van der Waals surface area contributed by atoms with E-state index in [9.17, 15) is 5.11 Å². The van der Waals surface area contributed by atoms with Crippen LogP contribution in [0.1, 0.15) is 44.2 Å². The third-order valence-electron chi connectivity index (χ3n) is 5.15. The average molecular weight is 451 g/mol. The first-order chi connectivity index (χ1) is 15.0. The number of rotatable bonds is 15. The Morgan fingerprint density at radius 2 is 1.39 bits per heavy atom. The summed E-state index contributed by atoms with van der Waals surface area (Å²) in [7, 11) is 0. The molecular weight excluding hydrogens is 416 g/mol. The predicted octanol–water partition coefficient (Wildman–Crippen LogP) is 4.55. The second-order valence-corrected chi connectivity index (χ2v) is 8.41. The number of alkyl halides is 1. The van der Waals surface area contributed by atoms with Gasteiger partial charge in [-0.05, 0) is 54.7 Å². The monoisotopic (exact) mass is 450 g/mol. The molecule has 0 fully saturated rings. The van der Waals surface area contributed by atoms with Crippen LogP contribution < -0.4 is 9.47 Å². The van der Waals surface area contributed by atoms with E-state index in [1.807, 2.05) is 24.3 Å². The molecule has 0 bridgehead atoms. The minimum Gasteiger partial charge on any atom is -0.494 e. The summed E-state index contributed by atoms with van der Waals surface area (Å²) in [6.45, 7) is 6.08. The molecule has 0 saturated heterocycles. The van der Waals surface area contributed by atoms with Gasteiger partial charge in [0.15, 0.2) is 0 Å². The lowest BCUT2D eigenvalue weighted by Gasteiger charge is -2.26. The van der Waals surface area contributed by atoms with Gasteiger partial charge >= 0.3 is 0 Å². The van der Waals surface area contributed by atoms with Gasteiger partial charge in [-0.1, -0.05) is 38.1 Å². The minimum atomic E-state index is -0.685. The summed E-state index contributed by atoms with van der Waals surface area (Å²) < 4.78 is 16.7. The fourth-order valence-electron chi connectivity index (χ4n) is 3.12. The van der Waals surface area contributed by atoms with E-state index in [2.05, 4.69) is 38.1 Å². The fourth-order valence-corrected chi connectivity index (χ4v) is 3.23. The van der Waals surface area contributed by atoms with Crippen LogP contribution >= 0.6 is 11.6 Å². The molecule has 0 aliphatic heterocycles. The third-order valence-corrected chi connectivity index (χ3v) is 5.42. The Morgan fingerprint density at radius 1 is 0.806 bits per heavy atom. The maximum atomic E-state index is 9.97. The van der Waals surface area contributed by atoms with E-state index in [0.717, 1.165) is 18.6 Å². The zero-order chi connectivity index (χ0) is 22.5. The molecule has 2 aromatic rings. The first-order valence-electron chi connectivity index (χ1n) is 10.9. The van der Waals surface area contributed by atoms with Crippen molar-refractivity contribution in [3.05, 3.63) is 59.7 Å². The van der Waals surface area contributed by atoms with E-state index >= 15 is 0 Å². The molecule has 1 atom stereocenters. The molecule has 2 N–H and O–H groups in total. The van der Waals surface area contributed by atoms with E-state index in [4.69, 9.17) is 30.9 Å². The Hall–Kier alpha value is -1.79. The van der Waals surface area contributed by atoms with Crippen molar-refractivity contribution in [2.75, 3.05) is 38.9 Å². The van der Waals surface area contributed by atoms with Crippen molar-refractivity contribution < 1.29 is 24.4 Å². The first kappa shape index (κ1) is 25.5. The van der Waals surface area contributed by atoms with Crippen molar-refractivity contribution in [3.63, 3.8) is 0 Å². The molecule has 5 nitrogen and oxygen atoms in total. The standard InChI is InChI=1S/C25H35ClO5/c1-25(2,20-6-10-23(11-7-20)30-17-5-14-26)21-8-12-24(13-9-21)31-19-22(28)18-29-16-4-3-15-27/h6-13,22,27-28H,3-5,14-19H2,1-2H3. The Morgan fingerprint density at radius 3 is 1.94 bits per heavy atom. The van der Waals surface area contributed by atoms with Crippen LogP contribution in [0.5, 0.6) is 11.5 Å². The number of unbranched alkanes of at least 4 members (excludes halogenated alkanes) is 1. The van der Waals surface area contributed by atoms with Crippen LogP contribution in [0, 0.1) is 0 Å². The van der Waals surface area contributed by atoms with E-state index in [1.54, 1.807) is 0 Å². The van der Waals surface area contributed by atoms with E-state index < -0.39 is 6.10 Å². The van der Waals surface area contributed by atoms with Crippen molar-refractivity contribution in [2.24, 2.45) is 0 Å². The molecule has 31 heavy (non-hydrogen) atoms. The summed E-state index contributed by atoms with van der Waals surface area (Å²) >= 11 is 5.69. The summed E-state index contributed by atoms with van der Waals surface area (Å²) in [5.74, 6) is 2.16. The average Bonchev–Trinajstić information content (AvgIpc) is 2.78. The predicted molar refractivity (Wildman–Crippen MR) is 124 cm³/mol. The summed E-state index contributed by atoms with van der Waals surface area (Å²) in [6.07, 6.45) is 1.64. The van der Waals surface area contributed by atoms with Gasteiger partial charge in [-0.3, -0.25) is 0 Å². The molecule has 6 heteroatoms. The zero-order valence-electron chi connectivity index (χ0n) is 18.6. The van der Waals surface area contributed by atoms with Crippen LogP contribution in [0.15, 0.2) is 48.5 Å². The normalized spacial score (nSPS) is 12.5. The van der Waals surface area contributed by atoms with E-state index in [1.165, 1.54) is 11.1 Å². The van der Waals surface area contributed by atoms with Gasteiger partial charge in [-0.2, -0.15) is 0 Å². The molecule has 0 spiro atoms. The van der Waals surface area contributed by atoms with Crippen LogP contribution in [-0.2, 0) is 10.2 Å². The van der Waals surface area contributed by atoms with Gasteiger partial charge in [0.25, 0.3) is 0 Å². The lowest BCUT2D eigenvalue weighted by molar-refractivity contribution is 0.0103. The summed E-state index contributed by atoms with van der Waals surface area (Å²) in [5, 5.41) is 18.7. The smallest absolute Gasteiger partial charge is 0.119 e. The highest BCUT2D eigenvalue weighted by Gasteiger charge is 2.23. The fraction of sp³-hybridized carbons (Fsp3) is 0.520. The van der Waals surface area contributed by atoms with Crippen LogP contribution in [0.2, 0.25) is 0 Å². The Bertz CT molecular complexity index is 731. The molecule has 0 heterocycles. The Labute approximate surface area is 190 Å². The first-order valence-corrected chi connectivity index (χ1v) is 11.4. The number of halogens is 1. The molecule has 0 amide bonds. The maximum Gasteiger partial charge on any atom is 0.119 e. The van der Waals surface area contributed by atoms with Crippen LogP contribution in [0.4, 0.5) is 0 Å². The topological polar surface area (TPSA) is 68.2 Å². The van der Waals surface area contributed by atoms with Crippen molar-refractivity contribution in [3.8, 4) is 11.5 Å². The lowest BCUT2D eigenvalue weighted by Crippen LogP contribution is -2.24. The summed E-state index contributed by atoms with van der Waals surface area (Å²) in [4.78, 5) is 0. The highest BCUT2D eigenvalue weighted by molar-refractivity contribution is 6.17. The van der Waals surface area contributed by atoms with Crippen molar-refractivity contribution in [1.29, 1.82) is 0 Å². The molecular formula is C25H35ClO5. The third kappa shape index (κ3) is 8.69.